The predicted molar refractivity (Wildman–Crippen MR) is 114 cm³/mol. The lowest BCUT2D eigenvalue weighted by molar-refractivity contribution is 0.371. The fraction of sp³-hybridized carbons (Fsp3) is 0.409. The molecule has 0 unspecified atom stereocenters. The second kappa shape index (κ2) is 8.51. The average Bonchev–Trinajstić information content (AvgIpc) is 3.42. The molecular weight excluding hydrogens is 364 g/mol. The molecule has 4 rings (SSSR count). The minimum absolute atomic E-state index is 0.0613. The van der Waals surface area contributed by atoms with Gasteiger partial charge in [0.2, 0.25) is 0 Å². The van der Waals surface area contributed by atoms with Crippen LogP contribution in [0.15, 0.2) is 53.7 Å². The van der Waals surface area contributed by atoms with Crippen molar-refractivity contribution in [3.05, 3.63) is 60.0 Å². The molecule has 1 fully saturated rings. The van der Waals surface area contributed by atoms with E-state index < -0.39 is 0 Å². The Bertz CT molecular complexity index is 990. The van der Waals surface area contributed by atoms with E-state index in [1.807, 2.05) is 34.9 Å². The Morgan fingerprint density at radius 2 is 1.90 bits per heavy atom. The lowest BCUT2D eigenvalue weighted by Crippen LogP contribution is -2.44. The van der Waals surface area contributed by atoms with Crippen LogP contribution in [0.4, 0.5) is 0 Å². The van der Waals surface area contributed by atoms with Crippen molar-refractivity contribution in [2.75, 3.05) is 20.7 Å². The SMILES string of the molecule is CN=C(NCc1nnc2ccccn12)NCC1(c2ccccc2OC)CCCC1. The van der Waals surface area contributed by atoms with Gasteiger partial charge in [0.05, 0.1) is 13.7 Å². The number of ether oxygens (including phenoxy) is 1. The molecule has 1 aromatic carbocycles. The summed E-state index contributed by atoms with van der Waals surface area (Å²) in [6, 6.07) is 14.3. The Kier molecular flexibility index (Phi) is 5.64. The number of hydrogen-bond acceptors (Lipinski definition) is 4. The standard InChI is InChI=1S/C22H28N6O/c1-23-21(24-15-20-27-26-19-11-5-8-14-28(19)20)25-16-22(12-6-7-13-22)17-9-3-4-10-18(17)29-2/h3-5,8-11,14H,6-7,12-13,15-16H2,1-2H3,(H2,23,24,25). The lowest BCUT2D eigenvalue weighted by atomic mass is 9.78. The highest BCUT2D eigenvalue weighted by Crippen LogP contribution is 2.44. The van der Waals surface area contributed by atoms with Crippen molar-refractivity contribution in [1.82, 2.24) is 25.2 Å². The first-order valence-corrected chi connectivity index (χ1v) is 10.1. The second-order valence-corrected chi connectivity index (χ2v) is 7.51. The van der Waals surface area contributed by atoms with Crippen LogP contribution in [0.3, 0.4) is 0 Å². The molecule has 2 aromatic heterocycles. The van der Waals surface area contributed by atoms with Crippen molar-refractivity contribution in [3.63, 3.8) is 0 Å². The molecule has 0 saturated heterocycles. The number of pyridine rings is 1. The molecule has 7 heteroatoms. The maximum atomic E-state index is 5.66. The number of aromatic nitrogens is 3. The molecule has 0 spiro atoms. The number of para-hydroxylation sites is 1. The number of benzene rings is 1. The van der Waals surface area contributed by atoms with E-state index in [9.17, 15) is 0 Å². The van der Waals surface area contributed by atoms with Crippen LogP contribution in [0.25, 0.3) is 5.65 Å². The zero-order chi connectivity index (χ0) is 20.1. The summed E-state index contributed by atoms with van der Waals surface area (Å²) in [5, 5.41) is 15.4. The van der Waals surface area contributed by atoms with Crippen molar-refractivity contribution < 1.29 is 4.74 Å². The molecule has 0 atom stereocenters. The molecule has 3 aromatic rings. The lowest BCUT2D eigenvalue weighted by Gasteiger charge is -2.32. The summed E-state index contributed by atoms with van der Waals surface area (Å²) in [6.45, 7) is 1.36. The van der Waals surface area contributed by atoms with Gasteiger partial charge in [-0.05, 0) is 31.0 Å². The Morgan fingerprint density at radius 1 is 1.10 bits per heavy atom. The molecule has 1 saturated carbocycles. The van der Waals surface area contributed by atoms with Crippen LogP contribution in [-0.4, -0.2) is 41.3 Å². The molecule has 2 N–H and O–H groups in total. The monoisotopic (exact) mass is 392 g/mol. The molecule has 29 heavy (non-hydrogen) atoms. The van der Waals surface area contributed by atoms with Crippen molar-refractivity contribution in [2.24, 2.45) is 4.99 Å². The third-order valence-corrected chi connectivity index (χ3v) is 5.86. The van der Waals surface area contributed by atoms with E-state index >= 15 is 0 Å². The number of guanidine groups is 1. The molecule has 7 nitrogen and oxygen atoms in total. The predicted octanol–water partition coefficient (Wildman–Crippen LogP) is 2.91. The van der Waals surface area contributed by atoms with Gasteiger partial charge in [0, 0.05) is 30.8 Å². The van der Waals surface area contributed by atoms with Gasteiger partial charge < -0.3 is 15.4 Å². The van der Waals surface area contributed by atoms with Gasteiger partial charge in [0.1, 0.15) is 5.75 Å². The molecule has 0 radical (unpaired) electrons. The molecule has 0 bridgehead atoms. The number of hydrogen-bond donors (Lipinski definition) is 2. The van der Waals surface area contributed by atoms with E-state index in [0.717, 1.165) is 42.6 Å². The number of rotatable bonds is 6. The zero-order valence-electron chi connectivity index (χ0n) is 17.1. The van der Waals surface area contributed by atoms with Crippen LogP contribution in [0.1, 0.15) is 37.1 Å². The van der Waals surface area contributed by atoms with Crippen molar-refractivity contribution >= 4 is 11.6 Å². The van der Waals surface area contributed by atoms with Gasteiger partial charge in [0.25, 0.3) is 0 Å². The highest BCUT2D eigenvalue weighted by atomic mass is 16.5. The summed E-state index contributed by atoms with van der Waals surface area (Å²) in [5.74, 6) is 2.58. The number of fused-ring (bicyclic) bond motifs is 1. The molecule has 1 aliphatic carbocycles. The van der Waals surface area contributed by atoms with Gasteiger partial charge in [-0.2, -0.15) is 0 Å². The first kappa shape index (κ1) is 19.2. The molecular formula is C22H28N6O. The van der Waals surface area contributed by atoms with Crippen molar-refractivity contribution in [2.45, 2.75) is 37.6 Å². The van der Waals surface area contributed by atoms with E-state index in [0.29, 0.717) is 6.54 Å². The highest BCUT2D eigenvalue weighted by Gasteiger charge is 2.37. The zero-order valence-corrected chi connectivity index (χ0v) is 17.1. The van der Waals surface area contributed by atoms with Gasteiger partial charge in [-0.25, -0.2) is 0 Å². The smallest absolute Gasteiger partial charge is 0.191 e. The number of nitrogens with zero attached hydrogens (tertiary/aromatic N) is 4. The first-order chi connectivity index (χ1) is 14.3. The highest BCUT2D eigenvalue weighted by molar-refractivity contribution is 5.79. The van der Waals surface area contributed by atoms with E-state index in [2.05, 4.69) is 44.0 Å². The molecule has 0 aliphatic heterocycles. The average molecular weight is 393 g/mol. The summed E-state index contributed by atoms with van der Waals surface area (Å²) in [7, 11) is 3.54. The van der Waals surface area contributed by atoms with Crippen LogP contribution >= 0.6 is 0 Å². The number of aliphatic imine (C=N–C) groups is 1. The van der Waals surface area contributed by atoms with Crippen LogP contribution in [-0.2, 0) is 12.0 Å². The third-order valence-electron chi connectivity index (χ3n) is 5.86. The fourth-order valence-corrected chi connectivity index (χ4v) is 4.32. The van der Waals surface area contributed by atoms with Crippen LogP contribution in [0.2, 0.25) is 0 Å². The van der Waals surface area contributed by atoms with Gasteiger partial charge >= 0.3 is 0 Å². The maximum Gasteiger partial charge on any atom is 0.191 e. The van der Waals surface area contributed by atoms with Gasteiger partial charge in [-0.3, -0.25) is 9.39 Å². The Balaban J connectivity index is 1.45. The van der Waals surface area contributed by atoms with Crippen molar-refractivity contribution in [3.8, 4) is 5.75 Å². The van der Waals surface area contributed by atoms with E-state index in [4.69, 9.17) is 4.74 Å². The van der Waals surface area contributed by atoms with Gasteiger partial charge in [-0.1, -0.05) is 37.1 Å². The van der Waals surface area contributed by atoms with E-state index in [-0.39, 0.29) is 5.41 Å². The van der Waals surface area contributed by atoms with Crippen LogP contribution in [0.5, 0.6) is 5.75 Å². The molecule has 152 valence electrons. The number of nitrogens with one attached hydrogen (secondary N) is 2. The normalized spacial score (nSPS) is 16.1. The second-order valence-electron chi connectivity index (χ2n) is 7.51. The minimum Gasteiger partial charge on any atom is -0.496 e. The Labute approximate surface area is 171 Å². The summed E-state index contributed by atoms with van der Waals surface area (Å²) in [5.41, 5.74) is 2.19. The summed E-state index contributed by atoms with van der Waals surface area (Å²) < 4.78 is 7.64. The van der Waals surface area contributed by atoms with Crippen LogP contribution in [0, 0.1) is 0 Å². The van der Waals surface area contributed by atoms with E-state index in [1.165, 1.54) is 18.4 Å². The van der Waals surface area contributed by atoms with Crippen molar-refractivity contribution in [1.29, 1.82) is 0 Å². The van der Waals surface area contributed by atoms with Crippen LogP contribution < -0.4 is 15.4 Å². The summed E-state index contributed by atoms with van der Waals surface area (Å²) in [6.07, 6.45) is 6.73. The Morgan fingerprint density at radius 3 is 2.69 bits per heavy atom. The van der Waals surface area contributed by atoms with Gasteiger partial charge in [0.15, 0.2) is 17.4 Å². The topological polar surface area (TPSA) is 75.8 Å². The largest absolute Gasteiger partial charge is 0.496 e. The molecule has 1 aliphatic rings. The summed E-state index contributed by atoms with van der Waals surface area (Å²) in [4.78, 5) is 4.40. The fourth-order valence-electron chi connectivity index (χ4n) is 4.32. The molecule has 0 amide bonds. The number of methoxy groups -OCH3 is 1. The first-order valence-electron chi connectivity index (χ1n) is 10.1. The van der Waals surface area contributed by atoms with Gasteiger partial charge in [-0.15, -0.1) is 10.2 Å². The molecule has 2 heterocycles. The quantitative estimate of drug-likeness (QED) is 0.498. The van der Waals surface area contributed by atoms with E-state index in [1.54, 1.807) is 14.2 Å². The maximum absolute atomic E-state index is 5.66. The Hall–Kier alpha value is -3.09. The summed E-state index contributed by atoms with van der Waals surface area (Å²) >= 11 is 0. The third kappa shape index (κ3) is 3.90. The minimum atomic E-state index is 0.0613.